The monoisotopic (exact) mass is 311 g/mol. The number of hydrogen-bond donors (Lipinski definition) is 2. The van der Waals surface area contributed by atoms with Gasteiger partial charge in [0, 0.05) is 22.6 Å². The summed E-state index contributed by atoms with van der Waals surface area (Å²) in [7, 11) is 0. The molecule has 1 aromatic rings. The Hall–Kier alpha value is -0.930. The maximum atomic E-state index is 6.23. The van der Waals surface area contributed by atoms with Gasteiger partial charge < -0.3 is 11.1 Å². The Morgan fingerprint density at radius 3 is 2.80 bits per heavy atom. The third-order valence-electron chi connectivity index (χ3n) is 4.24. The van der Waals surface area contributed by atoms with E-state index < -0.39 is 0 Å². The van der Waals surface area contributed by atoms with Crippen LogP contribution in [0.1, 0.15) is 37.2 Å². The minimum atomic E-state index is 0.500. The van der Waals surface area contributed by atoms with Crippen molar-refractivity contribution in [1.82, 2.24) is 5.32 Å². The Kier molecular flexibility index (Phi) is 4.08. The zero-order valence-electron chi connectivity index (χ0n) is 11.3. The molecule has 0 saturated heterocycles. The van der Waals surface area contributed by atoms with E-state index in [1.165, 1.54) is 24.8 Å². The fraction of sp³-hybridized carbons (Fsp3) is 0.533. The third-order valence-corrected chi connectivity index (χ3v) is 4.80. The summed E-state index contributed by atoms with van der Waals surface area (Å²) < 4.78 is 0. The lowest BCUT2D eigenvalue weighted by Crippen LogP contribution is -2.43. The van der Waals surface area contributed by atoms with E-state index in [-0.39, 0.29) is 0 Å². The van der Waals surface area contributed by atoms with E-state index >= 15 is 0 Å². The number of halogens is 2. The van der Waals surface area contributed by atoms with Crippen molar-refractivity contribution in [1.29, 1.82) is 0 Å². The van der Waals surface area contributed by atoms with Crippen LogP contribution in [0.2, 0.25) is 10.0 Å². The molecule has 3 nitrogen and oxygen atoms in total. The average molecular weight is 312 g/mol. The first-order valence-corrected chi connectivity index (χ1v) is 7.90. The van der Waals surface area contributed by atoms with E-state index in [1.54, 1.807) is 0 Å². The molecule has 2 fully saturated rings. The standard InChI is InChI=1S/C15H19Cl2N3/c16-10-4-5-12(14(17)7-10)13-6-9(13)8-19-15(18)20-11-2-1-3-11/h4-5,7,9,11,13H,1-3,6,8H2,(H3,18,19,20)/t9-,13+/m0/s1. The first kappa shape index (κ1) is 14.0. The normalized spacial score (nSPS) is 26.2. The van der Waals surface area contributed by atoms with Crippen LogP contribution < -0.4 is 11.1 Å². The fourth-order valence-corrected chi connectivity index (χ4v) is 3.20. The molecule has 0 aliphatic heterocycles. The predicted molar refractivity (Wildman–Crippen MR) is 84.6 cm³/mol. The number of aliphatic imine (C=N–C) groups is 1. The van der Waals surface area contributed by atoms with Crippen LogP contribution in [-0.4, -0.2) is 18.5 Å². The van der Waals surface area contributed by atoms with Crippen LogP contribution in [-0.2, 0) is 0 Å². The third kappa shape index (κ3) is 3.21. The summed E-state index contributed by atoms with van der Waals surface area (Å²) in [4.78, 5) is 4.45. The topological polar surface area (TPSA) is 50.4 Å². The van der Waals surface area contributed by atoms with Crippen LogP contribution in [0.15, 0.2) is 23.2 Å². The smallest absolute Gasteiger partial charge is 0.188 e. The van der Waals surface area contributed by atoms with Gasteiger partial charge in [-0.1, -0.05) is 29.3 Å². The van der Waals surface area contributed by atoms with Crippen molar-refractivity contribution in [2.24, 2.45) is 16.6 Å². The van der Waals surface area contributed by atoms with Crippen molar-refractivity contribution in [3.8, 4) is 0 Å². The van der Waals surface area contributed by atoms with Crippen LogP contribution in [0.3, 0.4) is 0 Å². The number of nitrogens with one attached hydrogen (secondary N) is 1. The second kappa shape index (κ2) is 5.82. The molecule has 0 radical (unpaired) electrons. The lowest BCUT2D eigenvalue weighted by molar-refractivity contribution is 0.382. The summed E-state index contributed by atoms with van der Waals surface area (Å²) in [5, 5.41) is 4.70. The number of rotatable bonds is 4. The number of hydrogen-bond acceptors (Lipinski definition) is 1. The Labute approximate surface area is 129 Å². The molecular weight excluding hydrogens is 293 g/mol. The highest BCUT2D eigenvalue weighted by Gasteiger charge is 2.39. The van der Waals surface area contributed by atoms with Crippen molar-refractivity contribution in [2.45, 2.75) is 37.6 Å². The molecule has 0 spiro atoms. The molecule has 1 aromatic carbocycles. The average Bonchev–Trinajstić information content (AvgIpc) is 3.11. The van der Waals surface area contributed by atoms with Gasteiger partial charge in [0.05, 0.1) is 0 Å². The molecule has 3 N–H and O–H groups in total. The van der Waals surface area contributed by atoms with Gasteiger partial charge in [-0.15, -0.1) is 0 Å². The van der Waals surface area contributed by atoms with Crippen LogP contribution in [0.4, 0.5) is 0 Å². The zero-order chi connectivity index (χ0) is 14.1. The molecule has 2 saturated carbocycles. The molecule has 0 aromatic heterocycles. The molecule has 0 heterocycles. The summed E-state index contributed by atoms with van der Waals surface area (Å²) in [5.41, 5.74) is 7.07. The Morgan fingerprint density at radius 1 is 1.35 bits per heavy atom. The highest BCUT2D eigenvalue weighted by molar-refractivity contribution is 6.35. The summed E-state index contributed by atoms with van der Waals surface area (Å²) in [6.07, 6.45) is 4.84. The lowest BCUT2D eigenvalue weighted by Gasteiger charge is -2.26. The van der Waals surface area contributed by atoms with Crippen molar-refractivity contribution >= 4 is 29.2 Å². The van der Waals surface area contributed by atoms with Crippen molar-refractivity contribution in [2.75, 3.05) is 6.54 Å². The zero-order valence-corrected chi connectivity index (χ0v) is 12.8. The van der Waals surface area contributed by atoms with Crippen LogP contribution in [0.5, 0.6) is 0 Å². The summed E-state index contributed by atoms with van der Waals surface area (Å²) in [6.45, 7) is 0.773. The molecule has 0 bridgehead atoms. The number of nitrogens with two attached hydrogens (primary N) is 1. The molecule has 5 heteroatoms. The van der Waals surface area contributed by atoms with Gasteiger partial charge in [0.15, 0.2) is 5.96 Å². The Balaban J connectivity index is 1.52. The van der Waals surface area contributed by atoms with E-state index in [0.717, 1.165) is 18.0 Å². The van der Waals surface area contributed by atoms with E-state index in [1.807, 2.05) is 18.2 Å². The first-order chi connectivity index (χ1) is 9.63. The summed E-state index contributed by atoms with van der Waals surface area (Å²) in [6, 6.07) is 6.27. The van der Waals surface area contributed by atoms with Crippen LogP contribution in [0, 0.1) is 5.92 Å². The second-order valence-electron chi connectivity index (χ2n) is 5.77. The maximum Gasteiger partial charge on any atom is 0.188 e. The van der Waals surface area contributed by atoms with Crippen molar-refractivity contribution in [3.63, 3.8) is 0 Å². The van der Waals surface area contributed by atoms with Gasteiger partial charge in [0.1, 0.15) is 0 Å². The van der Waals surface area contributed by atoms with Gasteiger partial charge in [-0.2, -0.15) is 0 Å². The van der Waals surface area contributed by atoms with Crippen molar-refractivity contribution < 1.29 is 0 Å². The van der Waals surface area contributed by atoms with Gasteiger partial charge in [-0.05, 0) is 55.2 Å². The molecule has 20 heavy (non-hydrogen) atoms. The Bertz CT molecular complexity index is 526. The SMILES string of the molecule is NC(=NC[C@@H]1C[C@H]1c1ccc(Cl)cc1Cl)NC1CCC1. The molecule has 3 rings (SSSR count). The predicted octanol–water partition coefficient (Wildman–Crippen LogP) is 3.55. The van der Waals surface area contributed by atoms with E-state index in [4.69, 9.17) is 28.9 Å². The lowest BCUT2D eigenvalue weighted by atomic mass is 9.93. The van der Waals surface area contributed by atoms with Gasteiger partial charge in [0.25, 0.3) is 0 Å². The highest BCUT2D eigenvalue weighted by atomic mass is 35.5. The fourth-order valence-electron chi connectivity index (χ4n) is 2.66. The van der Waals surface area contributed by atoms with Gasteiger partial charge in [0.2, 0.25) is 0 Å². The first-order valence-electron chi connectivity index (χ1n) is 7.15. The molecule has 0 amide bonds. The molecule has 0 unspecified atom stereocenters. The Morgan fingerprint density at radius 2 is 2.15 bits per heavy atom. The van der Waals surface area contributed by atoms with Gasteiger partial charge >= 0.3 is 0 Å². The van der Waals surface area contributed by atoms with Gasteiger partial charge in [-0.3, -0.25) is 4.99 Å². The number of guanidine groups is 1. The maximum absolute atomic E-state index is 6.23. The minimum Gasteiger partial charge on any atom is -0.370 e. The largest absolute Gasteiger partial charge is 0.370 e. The summed E-state index contributed by atoms with van der Waals surface area (Å²) >= 11 is 12.1. The van der Waals surface area contributed by atoms with Crippen LogP contribution in [0.25, 0.3) is 0 Å². The number of nitrogens with zero attached hydrogens (tertiary/aromatic N) is 1. The van der Waals surface area contributed by atoms with Gasteiger partial charge in [-0.25, -0.2) is 0 Å². The highest BCUT2D eigenvalue weighted by Crippen LogP contribution is 2.49. The number of benzene rings is 1. The second-order valence-corrected chi connectivity index (χ2v) is 6.61. The summed E-state index contributed by atoms with van der Waals surface area (Å²) in [5.74, 6) is 1.64. The minimum absolute atomic E-state index is 0.500. The molecule has 2 aliphatic carbocycles. The van der Waals surface area contributed by atoms with Crippen LogP contribution >= 0.6 is 23.2 Å². The van der Waals surface area contributed by atoms with Crippen molar-refractivity contribution in [3.05, 3.63) is 33.8 Å². The molecule has 2 aliphatic rings. The molecular formula is C15H19Cl2N3. The molecule has 108 valence electrons. The van der Waals surface area contributed by atoms with E-state index in [0.29, 0.717) is 28.9 Å². The quantitative estimate of drug-likeness (QED) is 0.660. The van der Waals surface area contributed by atoms with E-state index in [9.17, 15) is 0 Å². The van der Waals surface area contributed by atoms with E-state index in [2.05, 4.69) is 10.3 Å². The molecule has 2 atom stereocenters.